The Labute approximate surface area is 107 Å². The molecule has 1 aromatic carbocycles. The molecule has 0 aliphatic heterocycles. The second-order valence-electron chi connectivity index (χ2n) is 4.38. The van der Waals surface area contributed by atoms with Crippen LogP contribution in [0.15, 0.2) is 18.3 Å². The maximum absolute atomic E-state index is 13.2. The first-order chi connectivity index (χ1) is 8.93. The summed E-state index contributed by atoms with van der Waals surface area (Å²) in [5.74, 6) is -4.17. The van der Waals surface area contributed by atoms with Gasteiger partial charge >= 0.3 is 0 Å². The Morgan fingerprint density at radius 2 is 1.79 bits per heavy atom. The summed E-state index contributed by atoms with van der Waals surface area (Å²) in [4.78, 5) is 11.0. The molecule has 0 N–H and O–H groups in total. The summed E-state index contributed by atoms with van der Waals surface area (Å²) < 4.78 is 40.8. The zero-order valence-corrected chi connectivity index (χ0v) is 10.3. The fourth-order valence-electron chi connectivity index (χ4n) is 1.67. The highest BCUT2D eigenvalue weighted by atomic mass is 19.2. The molecule has 0 saturated carbocycles. The van der Waals surface area contributed by atoms with Crippen molar-refractivity contribution in [2.45, 2.75) is 19.9 Å². The van der Waals surface area contributed by atoms with Gasteiger partial charge in [-0.15, -0.1) is 0 Å². The molecular formula is C13H11F3N2O. The fourth-order valence-corrected chi connectivity index (χ4v) is 1.67. The highest BCUT2D eigenvalue weighted by Gasteiger charge is 2.17. The highest BCUT2D eigenvalue weighted by Crippen LogP contribution is 2.25. The van der Waals surface area contributed by atoms with E-state index >= 15 is 0 Å². The summed E-state index contributed by atoms with van der Waals surface area (Å²) in [6.07, 6.45) is 2.02. The Morgan fingerprint density at radius 3 is 2.26 bits per heavy atom. The lowest BCUT2D eigenvalue weighted by Gasteiger charge is -2.04. The zero-order chi connectivity index (χ0) is 14.2. The molecule has 3 nitrogen and oxygen atoms in total. The Morgan fingerprint density at radius 1 is 1.21 bits per heavy atom. The lowest BCUT2D eigenvalue weighted by atomic mass is 10.1. The van der Waals surface area contributed by atoms with Crippen molar-refractivity contribution < 1.29 is 18.0 Å². The SMILES string of the molecule is CC(C)n1cc(C=O)c(-c2cc(F)c(F)c(F)c2)n1. The molecule has 0 unspecified atom stereocenters. The predicted octanol–water partition coefficient (Wildman–Crippen LogP) is 3.36. The fraction of sp³-hybridized carbons (Fsp3) is 0.231. The van der Waals surface area contributed by atoms with Gasteiger partial charge in [0.2, 0.25) is 0 Å². The average molecular weight is 268 g/mol. The summed E-state index contributed by atoms with van der Waals surface area (Å²) in [7, 11) is 0. The van der Waals surface area contributed by atoms with E-state index in [1.807, 2.05) is 13.8 Å². The van der Waals surface area contributed by atoms with E-state index in [0.717, 1.165) is 12.1 Å². The molecule has 0 bridgehead atoms. The summed E-state index contributed by atoms with van der Waals surface area (Å²) >= 11 is 0. The third kappa shape index (κ3) is 2.38. The van der Waals surface area contributed by atoms with Crippen molar-refractivity contribution in [3.8, 4) is 11.3 Å². The molecule has 2 aromatic rings. The predicted molar refractivity (Wildman–Crippen MR) is 63.3 cm³/mol. The minimum Gasteiger partial charge on any atom is -0.298 e. The van der Waals surface area contributed by atoms with E-state index in [-0.39, 0.29) is 22.9 Å². The van der Waals surface area contributed by atoms with Crippen molar-refractivity contribution in [1.29, 1.82) is 0 Å². The van der Waals surface area contributed by atoms with Gasteiger partial charge in [0, 0.05) is 17.8 Å². The number of carbonyl (C=O) groups is 1. The van der Waals surface area contributed by atoms with Crippen LogP contribution in [0.2, 0.25) is 0 Å². The molecule has 100 valence electrons. The molecule has 1 aromatic heterocycles. The maximum Gasteiger partial charge on any atom is 0.194 e. The Hall–Kier alpha value is -2.11. The smallest absolute Gasteiger partial charge is 0.194 e. The van der Waals surface area contributed by atoms with Gasteiger partial charge in [-0.05, 0) is 26.0 Å². The molecule has 0 saturated heterocycles. The molecule has 0 spiro atoms. The Balaban J connectivity index is 2.61. The Bertz CT molecular complexity index is 612. The van der Waals surface area contributed by atoms with Crippen molar-refractivity contribution in [1.82, 2.24) is 9.78 Å². The van der Waals surface area contributed by atoms with Gasteiger partial charge in [0.15, 0.2) is 23.7 Å². The summed E-state index contributed by atoms with van der Waals surface area (Å²) in [5.41, 5.74) is 0.346. The molecule has 0 aliphatic carbocycles. The molecule has 0 atom stereocenters. The van der Waals surface area contributed by atoms with Crippen LogP contribution in [0.1, 0.15) is 30.2 Å². The number of hydrogen-bond donors (Lipinski definition) is 0. The van der Waals surface area contributed by atoms with Crippen LogP contribution in [-0.4, -0.2) is 16.1 Å². The standard InChI is InChI=1S/C13H11F3N2O/c1-7(2)18-5-9(6-19)13(17-18)8-3-10(14)12(16)11(15)4-8/h3-7H,1-2H3. The maximum atomic E-state index is 13.2. The number of halogens is 3. The first-order valence-corrected chi connectivity index (χ1v) is 5.63. The van der Waals surface area contributed by atoms with E-state index in [1.54, 1.807) is 0 Å². The van der Waals surface area contributed by atoms with Crippen molar-refractivity contribution in [2.24, 2.45) is 0 Å². The van der Waals surface area contributed by atoms with Crippen molar-refractivity contribution in [2.75, 3.05) is 0 Å². The van der Waals surface area contributed by atoms with Gasteiger partial charge in [0.05, 0.1) is 5.56 Å². The second kappa shape index (κ2) is 4.87. The second-order valence-corrected chi connectivity index (χ2v) is 4.38. The minimum atomic E-state index is -1.54. The van der Waals surface area contributed by atoms with E-state index in [1.165, 1.54) is 10.9 Å². The van der Waals surface area contributed by atoms with Crippen LogP contribution in [0.5, 0.6) is 0 Å². The van der Waals surface area contributed by atoms with E-state index < -0.39 is 17.5 Å². The van der Waals surface area contributed by atoms with Gasteiger partial charge in [0.25, 0.3) is 0 Å². The number of rotatable bonds is 3. The van der Waals surface area contributed by atoms with Crippen molar-refractivity contribution in [3.05, 3.63) is 41.3 Å². The largest absolute Gasteiger partial charge is 0.298 e. The van der Waals surface area contributed by atoms with Gasteiger partial charge < -0.3 is 0 Å². The van der Waals surface area contributed by atoms with Gasteiger partial charge in [-0.2, -0.15) is 5.10 Å². The molecule has 6 heteroatoms. The van der Waals surface area contributed by atoms with Crippen LogP contribution in [0.25, 0.3) is 11.3 Å². The normalized spacial score (nSPS) is 11.1. The highest BCUT2D eigenvalue weighted by molar-refractivity contribution is 5.85. The number of nitrogens with zero attached hydrogens (tertiary/aromatic N) is 2. The number of aldehydes is 1. The van der Waals surface area contributed by atoms with Crippen LogP contribution in [0.4, 0.5) is 13.2 Å². The van der Waals surface area contributed by atoms with Crippen LogP contribution in [0.3, 0.4) is 0 Å². The van der Waals surface area contributed by atoms with Gasteiger partial charge in [-0.3, -0.25) is 9.48 Å². The molecule has 0 fully saturated rings. The van der Waals surface area contributed by atoms with E-state index in [4.69, 9.17) is 0 Å². The number of aromatic nitrogens is 2. The van der Waals surface area contributed by atoms with E-state index in [2.05, 4.69) is 5.10 Å². The summed E-state index contributed by atoms with van der Waals surface area (Å²) in [6.45, 7) is 3.69. The van der Waals surface area contributed by atoms with Gasteiger partial charge in [-0.25, -0.2) is 13.2 Å². The molecule has 0 radical (unpaired) electrons. The zero-order valence-electron chi connectivity index (χ0n) is 10.3. The van der Waals surface area contributed by atoms with Crippen molar-refractivity contribution >= 4 is 6.29 Å². The monoisotopic (exact) mass is 268 g/mol. The van der Waals surface area contributed by atoms with Crippen LogP contribution >= 0.6 is 0 Å². The molecule has 19 heavy (non-hydrogen) atoms. The first kappa shape index (κ1) is 13.3. The summed E-state index contributed by atoms with van der Waals surface area (Å²) in [5, 5.41) is 4.09. The Kier molecular flexibility index (Phi) is 3.42. The molecule has 1 heterocycles. The van der Waals surface area contributed by atoms with E-state index in [0.29, 0.717) is 6.29 Å². The lowest BCUT2D eigenvalue weighted by Crippen LogP contribution is -2.01. The van der Waals surface area contributed by atoms with Gasteiger partial charge in [-0.1, -0.05) is 0 Å². The first-order valence-electron chi connectivity index (χ1n) is 5.63. The minimum absolute atomic E-state index is 0.0115. The number of hydrogen-bond acceptors (Lipinski definition) is 2. The van der Waals surface area contributed by atoms with Crippen LogP contribution in [0, 0.1) is 17.5 Å². The molecule has 0 aliphatic rings. The summed E-state index contributed by atoms with van der Waals surface area (Å²) in [6, 6.07) is 1.62. The van der Waals surface area contributed by atoms with E-state index in [9.17, 15) is 18.0 Å². The third-order valence-corrected chi connectivity index (χ3v) is 2.67. The van der Waals surface area contributed by atoms with Crippen LogP contribution < -0.4 is 0 Å². The molecule has 2 rings (SSSR count). The van der Waals surface area contributed by atoms with Crippen molar-refractivity contribution in [3.63, 3.8) is 0 Å². The number of carbonyl (C=O) groups excluding carboxylic acids is 1. The number of benzene rings is 1. The lowest BCUT2D eigenvalue weighted by molar-refractivity contribution is 0.112. The quantitative estimate of drug-likeness (QED) is 0.632. The van der Waals surface area contributed by atoms with Gasteiger partial charge in [0.1, 0.15) is 5.69 Å². The average Bonchev–Trinajstić information content (AvgIpc) is 2.79. The van der Waals surface area contributed by atoms with Crippen LogP contribution in [-0.2, 0) is 0 Å². The molecule has 0 amide bonds. The third-order valence-electron chi connectivity index (χ3n) is 2.67. The molecular weight excluding hydrogens is 257 g/mol. The topological polar surface area (TPSA) is 34.9 Å².